The van der Waals surface area contributed by atoms with Crippen LogP contribution in [0.4, 0.5) is 0 Å². The normalized spacial score (nSPS) is 19.4. The summed E-state index contributed by atoms with van der Waals surface area (Å²) < 4.78 is 7.01. The molecule has 0 atom stereocenters. The third-order valence-corrected chi connectivity index (χ3v) is 5.31. The van der Waals surface area contributed by atoms with Gasteiger partial charge in [0.2, 0.25) is 5.91 Å². The van der Waals surface area contributed by atoms with E-state index in [0.717, 1.165) is 24.8 Å². The zero-order valence-electron chi connectivity index (χ0n) is 14.2. The topological polar surface area (TPSA) is 93.3 Å². The number of likely N-dealkylation sites (tertiary alicyclic amines) is 1. The molecule has 25 heavy (non-hydrogen) atoms. The summed E-state index contributed by atoms with van der Waals surface area (Å²) in [6.45, 7) is 3.50. The van der Waals surface area contributed by atoms with Crippen LogP contribution < -0.4 is 5.32 Å². The maximum atomic E-state index is 12.9. The number of nitrogens with one attached hydrogen (secondary N) is 1. The van der Waals surface area contributed by atoms with Gasteiger partial charge in [-0.05, 0) is 32.3 Å². The maximum absolute atomic E-state index is 12.9. The van der Waals surface area contributed by atoms with E-state index in [1.807, 2.05) is 19.2 Å². The lowest BCUT2D eigenvalue weighted by Gasteiger charge is -2.39. The Morgan fingerprint density at radius 2 is 2.16 bits per heavy atom. The predicted octanol–water partition coefficient (Wildman–Crippen LogP) is 1.11. The summed E-state index contributed by atoms with van der Waals surface area (Å²) in [6, 6.07) is 1.84. The standard InChI is InChI=1S/C17H21N5O3/c1-12-13(11-22-8-2-7-18-22)15(20-25-12)16(24)21-9-5-17(6-10-21)4-3-14(23)19-17/h2,7-8H,3-6,9-11H2,1H3,(H,19,23). The molecule has 0 aliphatic carbocycles. The first-order valence-corrected chi connectivity index (χ1v) is 8.59. The third kappa shape index (κ3) is 2.92. The second-order valence-corrected chi connectivity index (χ2v) is 6.89. The molecule has 0 bridgehead atoms. The van der Waals surface area contributed by atoms with Crippen LogP contribution in [0.3, 0.4) is 0 Å². The molecule has 8 heteroatoms. The van der Waals surface area contributed by atoms with Crippen LogP contribution in [0.1, 0.15) is 47.5 Å². The molecular formula is C17H21N5O3. The van der Waals surface area contributed by atoms with E-state index in [4.69, 9.17) is 4.52 Å². The average Bonchev–Trinajstić information content (AvgIpc) is 3.32. The van der Waals surface area contributed by atoms with Crippen molar-refractivity contribution in [2.75, 3.05) is 13.1 Å². The lowest BCUT2D eigenvalue weighted by Crippen LogP contribution is -2.52. The molecule has 8 nitrogen and oxygen atoms in total. The van der Waals surface area contributed by atoms with Gasteiger partial charge in [-0.15, -0.1) is 0 Å². The largest absolute Gasteiger partial charge is 0.361 e. The molecule has 1 spiro atoms. The van der Waals surface area contributed by atoms with Crippen molar-refractivity contribution in [3.63, 3.8) is 0 Å². The quantitative estimate of drug-likeness (QED) is 0.901. The van der Waals surface area contributed by atoms with Crippen molar-refractivity contribution in [2.24, 2.45) is 0 Å². The summed E-state index contributed by atoms with van der Waals surface area (Å²) in [5.74, 6) is 0.641. The van der Waals surface area contributed by atoms with Crippen molar-refractivity contribution >= 4 is 11.8 Å². The Kier molecular flexibility index (Phi) is 3.82. The molecule has 2 aromatic rings. The number of carbonyl (C=O) groups is 2. The highest BCUT2D eigenvalue weighted by molar-refractivity contribution is 5.94. The van der Waals surface area contributed by atoms with Crippen molar-refractivity contribution in [1.82, 2.24) is 25.2 Å². The van der Waals surface area contributed by atoms with E-state index in [-0.39, 0.29) is 17.4 Å². The molecule has 2 amide bonds. The Bertz CT molecular complexity index is 787. The van der Waals surface area contributed by atoms with E-state index >= 15 is 0 Å². The zero-order chi connectivity index (χ0) is 17.4. The van der Waals surface area contributed by atoms with Gasteiger partial charge in [0.25, 0.3) is 5.91 Å². The predicted molar refractivity (Wildman–Crippen MR) is 87.8 cm³/mol. The molecule has 132 valence electrons. The summed E-state index contributed by atoms with van der Waals surface area (Å²) in [4.78, 5) is 26.3. The molecule has 2 aromatic heterocycles. The third-order valence-electron chi connectivity index (χ3n) is 5.31. The second-order valence-electron chi connectivity index (χ2n) is 6.89. The van der Waals surface area contributed by atoms with Gasteiger partial charge in [0.15, 0.2) is 5.69 Å². The summed E-state index contributed by atoms with van der Waals surface area (Å²) in [6.07, 6.45) is 6.57. The first kappa shape index (κ1) is 15.9. The van der Waals surface area contributed by atoms with Gasteiger partial charge in [0.05, 0.1) is 6.54 Å². The molecule has 4 heterocycles. The molecule has 0 saturated carbocycles. The molecule has 0 radical (unpaired) electrons. The fourth-order valence-electron chi connectivity index (χ4n) is 3.74. The number of aromatic nitrogens is 3. The Labute approximate surface area is 145 Å². The van der Waals surface area contributed by atoms with Gasteiger partial charge >= 0.3 is 0 Å². The van der Waals surface area contributed by atoms with E-state index in [1.165, 1.54) is 0 Å². The maximum Gasteiger partial charge on any atom is 0.276 e. The van der Waals surface area contributed by atoms with Crippen LogP contribution in [0.2, 0.25) is 0 Å². The van der Waals surface area contributed by atoms with Crippen molar-refractivity contribution in [3.8, 4) is 0 Å². The van der Waals surface area contributed by atoms with E-state index in [9.17, 15) is 9.59 Å². The monoisotopic (exact) mass is 343 g/mol. The molecular weight excluding hydrogens is 322 g/mol. The van der Waals surface area contributed by atoms with Gasteiger partial charge in [-0.1, -0.05) is 5.16 Å². The highest BCUT2D eigenvalue weighted by atomic mass is 16.5. The average molecular weight is 343 g/mol. The fraction of sp³-hybridized carbons (Fsp3) is 0.529. The van der Waals surface area contributed by atoms with E-state index in [2.05, 4.69) is 15.6 Å². The van der Waals surface area contributed by atoms with Crippen LogP contribution in [-0.2, 0) is 11.3 Å². The highest BCUT2D eigenvalue weighted by Gasteiger charge is 2.41. The zero-order valence-corrected chi connectivity index (χ0v) is 14.2. The number of nitrogens with zero attached hydrogens (tertiary/aromatic N) is 4. The van der Waals surface area contributed by atoms with Crippen molar-refractivity contribution in [3.05, 3.63) is 35.5 Å². The fourth-order valence-corrected chi connectivity index (χ4v) is 3.74. The summed E-state index contributed by atoms with van der Waals surface area (Å²) in [5.41, 5.74) is 1.01. The first-order valence-electron chi connectivity index (χ1n) is 8.59. The molecule has 2 aliphatic heterocycles. The summed E-state index contributed by atoms with van der Waals surface area (Å²) in [7, 11) is 0. The highest BCUT2D eigenvalue weighted by Crippen LogP contribution is 2.32. The lowest BCUT2D eigenvalue weighted by molar-refractivity contribution is -0.120. The molecule has 4 rings (SSSR count). The van der Waals surface area contributed by atoms with Gasteiger partial charge in [-0.3, -0.25) is 14.3 Å². The number of rotatable bonds is 3. The van der Waals surface area contributed by atoms with Crippen LogP contribution in [0.5, 0.6) is 0 Å². The van der Waals surface area contributed by atoms with Gasteiger partial charge in [-0.2, -0.15) is 5.10 Å². The van der Waals surface area contributed by atoms with Crippen LogP contribution in [0.25, 0.3) is 0 Å². The minimum absolute atomic E-state index is 0.113. The SMILES string of the molecule is Cc1onc(C(=O)N2CCC3(CCC(=O)N3)CC2)c1Cn1cccn1. The van der Waals surface area contributed by atoms with E-state index in [1.54, 1.807) is 15.8 Å². The minimum Gasteiger partial charge on any atom is -0.361 e. The van der Waals surface area contributed by atoms with Gasteiger partial charge in [0.1, 0.15) is 5.76 Å². The molecule has 1 N–H and O–H groups in total. The van der Waals surface area contributed by atoms with Crippen LogP contribution >= 0.6 is 0 Å². The number of hydrogen-bond donors (Lipinski definition) is 1. The molecule has 2 saturated heterocycles. The van der Waals surface area contributed by atoms with Gasteiger partial charge in [-0.25, -0.2) is 0 Å². The van der Waals surface area contributed by atoms with E-state index < -0.39 is 0 Å². The Balaban J connectivity index is 1.48. The van der Waals surface area contributed by atoms with Gasteiger partial charge < -0.3 is 14.7 Å². The number of aryl methyl sites for hydroxylation is 1. The van der Waals surface area contributed by atoms with Gasteiger partial charge in [0, 0.05) is 43.0 Å². The van der Waals surface area contributed by atoms with Crippen LogP contribution in [-0.4, -0.2) is 50.3 Å². The smallest absolute Gasteiger partial charge is 0.276 e. The van der Waals surface area contributed by atoms with Crippen molar-refractivity contribution in [2.45, 2.75) is 44.7 Å². The molecule has 2 fully saturated rings. The second kappa shape index (κ2) is 6.02. The van der Waals surface area contributed by atoms with Crippen molar-refractivity contribution in [1.29, 1.82) is 0 Å². The number of piperidine rings is 1. The molecule has 0 aromatic carbocycles. The number of hydrogen-bond acceptors (Lipinski definition) is 5. The van der Waals surface area contributed by atoms with Crippen molar-refractivity contribution < 1.29 is 14.1 Å². The Hall–Kier alpha value is -2.64. The first-order chi connectivity index (χ1) is 12.1. The summed E-state index contributed by atoms with van der Waals surface area (Å²) >= 11 is 0. The Morgan fingerprint density at radius 1 is 1.36 bits per heavy atom. The molecule has 0 unspecified atom stereocenters. The van der Waals surface area contributed by atoms with Crippen LogP contribution in [0, 0.1) is 6.92 Å². The van der Waals surface area contributed by atoms with Crippen LogP contribution in [0.15, 0.2) is 23.0 Å². The van der Waals surface area contributed by atoms with E-state index in [0.29, 0.717) is 37.5 Å². The summed E-state index contributed by atoms with van der Waals surface area (Å²) in [5, 5.41) is 11.3. The molecule has 2 aliphatic rings. The Morgan fingerprint density at radius 3 is 2.80 bits per heavy atom. The number of amides is 2. The minimum atomic E-state index is -0.120. The number of carbonyl (C=O) groups excluding carboxylic acids is 2. The lowest BCUT2D eigenvalue weighted by atomic mass is 9.86.